The van der Waals surface area contributed by atoms with Gasteiger partial charge in [0.05, 0.1) is 23.5 Å². The van der Waals surface area contributed by atoms with Gasteiger partial charge < -0.3 is 15.2 Å². The minimum Gasteiger partial charge on any atom is -0.487 e. The highest BCUT2D eigenvalue weighted by atomic mass is 16.5. The van der Waals surface area contributed by atoms with Crippen LogP contribution in [0.3, 0.4) is 0 Å². The molecule has 31 heavy (non-hydrogen) atoms. The van der Waals surface area contributed by atoms with Gasteiger partial charge >= 0.3 is 5.97 Å². The van der Waals surface area contributed by atoms with Gasteiger partial charge in [-0.2, -0.15) is 0 Å². The van der Waals surface area contributed by atoms with Crippen LogP contribution in [0.1, 0.15) is 55.2 Å². The summed E-state index contributed by atoms with van der Waals surface area (Å²) in [6.45, 7) is 5.71. The number of amides is 1. The van der Waals surface area contributed by atoms with Gasteiger partial charge in [0.25, 0.3) is 0 Å². The molecule has 0 fully saturated rings. The molecule has 2 unspecified atom stereocenters. The molecule has 0 bridgehead atoms. The van der Waals surface area contributed by atoms with E-state index in [9.17, 15) is 9.59 Å². The molecule has 0 saturated carbocycles. The molecule has 2 N–H and O–H groups in total. The van der Waals surface area contributed by atoms with Crippen LogP contribution in [0.4, 0.5) is 0 Å². The lowest BCUT2D eigenvalue weighted by molar-refractivity contribution is -0.125. The standard InChI is InChI=1S/C22H23N5O4/c1-13(27-12-18(25-26-27)16-10-14(21(29)30)8-9-23-16)20(28)24-17-11-22(2,3)31-19-7-5-4-6-15(17)19/h4-10,12-13,17H,11H2,1-3H3,(H,24,28)(H,29,30). The Morgan fingerprint density at radius 1 is 1.26 bits per heavy atom. The van der Waals surface area contributed by atoms with E-state index in [1.807, 2.05) is 38.1 Å². The second-order valence-corrected chi connectivity index (χ2v) is 8.16. The third-order valence-corrected chi connectivity index (χ3v) is 5.25. The van der Waals surface area contributed by atoms with Crippen LogP contribution in [0.15, 0.2) is 48.8 Å². The van der Waals surface area contributed by atoms with E-state index in [0.29, 0.717) is 17.8 Å². The Morgan fingerprint density at radius 3 is 2.81 bits per heavy atom. The Kier molecular flexibility index (Phi) is 5.18. The van der Waals surface area contributed by atoms with Crippen LogP contribution in [0.5, 0.6) is 5.75 Å². The fourth-order valence-corrected chi connectivity index (χ4v) is 3.63. The molecule has 1 amide bonds. The van der Waals surface area contributed by atoms with Crippen molar-refractivity contribution in [1.29, 1.82) is 0 Å². The zero-order valence-corrected chi connectivity index (χ0v) is 17.4. The van der Waals surface area contributed by atoms with Crippen molar-refractivity contribution in [2.24, 2.45) is 0 Å². The number of nitrogens with one attached hydrogen (secondary N) is 1. The van der Waals surface area contributed by atoms with Crippen LogP contribution in [0.25, 0.3) is 11.4 Å². The maximum Gasteiger partial charge on any atom is 0.335 e. The zero-order valence-electron chi connectivity index (χ0n) is 17.4. The largest absolute Gasteiger partial charge is 0.487 e. The SMILES string of the molecule is CC(C(=O)NC1CC(C)(C)Oc2ccccc21)n1cc(-c2cc(C(=O)O)ccn2)nn1. The third-order valence-electron chi connectivity index (χ3n) is 5.25. The van der Waals surface area contributed by atoms with Gasteiger partial charge in [0.1, 0.15) is 23.1 Å². The Morgan fingerprint density at radius 2 is 2.03 bits per heavy atom. The van der Waals surface area contributed by atoms with Crippen molar-refractivity contribution in [3.8, 4) is 17.1 Å². The lowest BCUT2D eigenvalue weighted by Crippen LogP contribution is -2.43. The average Bonchev–Trinajstić information content (AvgIpc) is 3.22. The van der Waals surface area contributed by atoms with E-state index in [0.717, 1.165) is 11.3 Å². The number of hydrogen-bond donors (Lipinski definition) is 2. The van der Waals surface area contributed by atoms with Gasteiger partial charge in [0, 0.05) is 18.2 Å². The summed E-state index contributed by atoms with van der Waals surface area (Å²) in [7, 11) is 0. The molecule has 9 heteroatoms. The molecule has 0 radical (unpaired) electrons. The first kappa shape index (κ1) is 20.5. The lowest BCUT2D eigenvalue weighted by atomic mass is 9.89. The Balaban J connectivity index is 1.52. The van der Waals surface area contributed by atoms with Gasteiger partial charge in [-0.05, 0) is 39.0 Å². The van der Waals surface area contributed by atoms with Gasteiger partial charge in [0.15, 0.2) is 0 Å². The molecule has 160 valence electrons. The number of aromatic carboxylic acids is 1. The maximum absolute atomic E-state index is 13.0. The molecule has 9 nitrogen and oxygen atoms in total. The van der Waals surface area contributed by atoms with Gasteiger partial charge in [-0.3, -0.25) is 9.78 Å². The second-order valence-electron chi connectivity index (χ2n) is 8.16. The summed E-state index contributed by atoms with van der Waals surface area (Å²) in [6, 6.07) is 9.70. The zero-order chi connectivity index (χ0) is 22.2. The average molecular weight is 421 g/mol. The number of ether oxygens (including phenoxy) is 1. The molecule has 4 rings (SSSR count). The number of carbonyl (C=O) groups excluding carboxylic acids is 1. The molecule has 0 saturated heterocycles. The van der Waals surface area contributed by atoms with Crippen LogP contribution in [0, 0.1) is 0 Å². The third kappa shape index (κ3) is 4.25. The number of hydrogen-bond acceptors (Lipinski definition) is 6. The van der Waals surface area contributed by atoms with E-state index in [-0.39, 0.29) is 17.5 Å². The number of carboxylic acid groups (broad SMARTS) is 1. The summed E-state index contributed by atoms with van der Waals surface area (Å²) in [4.78, 5) is 28.3. The summed E-state index contributed by atoms with van der Waals surface area (Å²) in [5, 5.41) is 20.4. The lowest BCUT2D eigenvalue weighted by Gasteiger charge is -2.38. The number of benzene rings is 1. The number of para-hydroxylation sites is 1. The Hall–Kier alpha value is -3.75. The van der Waals surface area contributed by atoms with Gasteiger partial charge in [-0.1, -0.05) is 23.4 Å². The summed E-state index contributed by atoms with van der Waals surface area (Å²) >= 11 is 0. The van der Waals surface area contributed by atoms with Crippen LogP contribution in [-0.2, 0) is 4.79 Å². The van der Waals surface area contributed by atoms with Crippen LogP contribution in [-0.4, -0.2) is 42.6 Å². The summed E-state index contributed by atoms with van der Waals surface area (Å²) in [5.74, 6) is -0.492. The fourth-order valence-electron chi connectivity index (χ4n) is 3.63. The molecule has 1 aromatic carbocycles. The highest BCUT2D eigenvalue weighted by Gasteiger charge is 2.35. The van der Waals surface area contributed by atoms with Crippen molar-refractivity contribution in [2.75, 3.05) is 0 Å². The van der Waals surface area contributed by atoms with Crippen molar-refractivity contribution in [3.05, 3.63) is 59.9 Å². The van der Waals surface area contributed by atoms with E-state index < -0.39 is 17.6 Å². The number of pyridine rings is 1. The fraction of sp³-hybridized carbons (Fsp3) is 0.318. The molecule has 2 atom stereocenters. The molecule has 0 aliphatic carbocycles. The predicted octanol–water partition coefficient (Wildman–Crippen LogP) is 3.02. The number of nitrogens with zero attached hydrogens (tertiary/aromatic N) is 4. The number of rotatable bonds is 5. The number of aromatic nitrogens is 4. The van der Waals surface area contributed by atoms with Crippen LogP contribution < -0.4 is 10.1 Å². The van der Waals surface area contributed by atoms with Crippen LogP contribution >= 0.6 is 0 Å². The van der Waals surface area contributed by atoms with E-state index >= 15 is 0 Å². The van der Waals surface area contributed by atoms with Crippen molar-refractivity contribution >= 4 is 11.9 Å². The molecular formula is C22H23N5O4. The predicted molar refractivity (Wildman–Crippen MR) is 112 cm³/mol. The van der Waals surface area contributed by atoms with E-state index in [4.69, 9.17) is 9.84 Å². The first-order valence-electron chi connectivity index (χ1n) is 9.93. The molecule has 0 spiro atoms. The van der Waals surface area contributed by atoms with E-state index in [1.165, 1.54) is 23.0 Å². The van der Waals surface area contributed by atoms with Crippen molar-refractivity contribution in [1.82, 2.24) is 25.3 Å². The molecule has 2 aromatic heterocycles. The maximum atomic E-state index is 13.0. The van der Waals surface area contributed by atoms with Gasteiger partial charge in [0.2, 0.25) is 5.91 Å². The minimum absolute atomic E-state index is 0.103. The highest BCUT2D eigenvalue weighted by molar-refractivity contribution is 5.88. The number of carboxylic acids is 1. The summed E-state index contributed by atoms with van der Waals surface area (Å²) in [6.07, 6.45) is 3.62. The van der Waals surface area contributed by atoms with Crippen molar-refractivity contribution < 1.29 is 19.4 Å². The molecule has 3 aromatic rings. The van der Waals surface area contributed by atoms with Crippen LogP contribution in [0.2, 0.25) is 0 Å². The number of carbonyl (C=O) groups is 2. The molecule has 1 aliphatic heterocycles. The summed E-state index contributed by atoms with van der Waals surface area (Å²) < 4.78 is 7.47. The molecule has 3 heterocycles. The second kappa shape index (κ2) is 7.82. The molecular weight excluding hydrogens is 398 g/mol. The quantitative estimate of drug-likeness (QED) is 0.650. The monoisotopic (exact) mass is 421 g/mol. The van der Waals surface area contributed by atoms with E-state index in [1.54, 1.807) is 13.1 Å². The molecule has 1 aliphatic rings. The minimum atomic E-state index is -1.05. The van der Waals surface area contributed by atoms with E-state index in [2.05, 4.69) is 20.6 Å². The first-order valence-corrected chi connectivity index (χ1v) is 9.93. The Labute approximate surface area is 179 Å². The number of fused-ring (bicyclic) bond motifs is 1. The normalized spacial score (nSPS) is 17.8. The van der Waals surface area contributed by atoms with Gasteiger partial charge in [-0.25, -0.2) is 9.48 Å². The highest BCUT2D eigenvalue weighted by Crippen LogP contribution is 2.39. The van der Waals surface area contributed by atoms with Crippen molar-refractivity contribution in [3.63, 3.8) is 0 Å². The van der Waals surface area contributed by atoms with Crippen molar-refractivity contribution in [2.45, 2.75) is 44.9 Å². The first-order chi connectivity index (χ1) is 14.7. The topological polar surface area (TPSA) is 119 Å². The Bertz CT molecular complexity index is 1140. The van der Waals surface area contributed by atoms with Gasteiger partial charge in [-0.15, -0.1) is 5.10 Å². The summed E-state index contributed by atoms with van der Waals surface area (Å²) in [5.41, 5.74) is 1.40. The smallest absolute Gasteiger partial charge is 0.335 e.